The lowest BCUT2D eigenvalue weighted by atomic mass is 9.88. The zero-order valence-corrected chi connectivity index (χ0v) is 8.27. The van der Waals surface area contributed by atoms with Gasteiger partial charge in [-0.2, -0.15) is 11.8 Å². The quantitative estimate of drug-likeness (QED) is 0.719. The molecule has 0 aromatic rings. The smallest absolute Gasteiger partial charge is 0.303 e. The van der Waals surface area contributed by atoms with E-state index in [2.05, 4.69) is 6.92 Å². The highest BCUT2D eigenvalue weighted by Gasteiger charge is 2.26. The Morgan fingerprint density at radius 3 is 2.67 bits per heavy atom. The van der Waals surface area contributed by atoms with Gasteiger partial charge in [-0.3, -0.25) is 4.79 Å². The summed E-state index contributed by atoms with van der Waals surface area (Å²) in [5.41, 5.74) is 0. The first-order chi connectivity index (χ1) is 5.74. The van der Waals surface area contributed by atoms with Gasteiger partial charge in [-0.1, -0.05) is 13.3 Å². The third kappa shape index (κ3) is 2.70. The van der Waals surface area contributed by atoms with Crippen molar-refractivity contribution in [1.82, 2.24) is 0 Å². The molecule has 0 amide bonds. The summed E-state index contributed by atoms with van der Waals surface area (Å²) in [4.78, 5) is 10.3. The van der Waals surface area contributed by atoms with Crippen molar-refractivity contribution in [2.75, 3.05) is 11.5 Å². The maximum absolute atomic E-state index is 10.3. The standard InChI is InChI=1S/C9H16O2S/c1-2-7(3-4-9(10)11)8-5-12-6-8/h7-8H,2-6H2,1H3,(H,10,11). The molecule has 1 saturated heterocycles. The summed E-state index contributed by atoms with van der Waals surface area (Å²) >= 11 is 1.98. The van der Waals surface area contributed by atoms with Crippen LogP contribution in [0.1, 0.15) is 26.2 Å². The van der Waals surface area contributed by atoms with Crippen molar-refractivity contribution in [3.05, 3.63) is 0 Å². The average molecular weight is 188 g/mol. The van der Waals surface area contributed by atoms with E-state index in [0.717, 1.165) is 18.8 Å². The Morgan fingerprint density at radius 2 is 2.33 bits per heavy atom. The fraction of sp³-hybridized carbons (Fsp3) is 0.889. The fourth-order valence-corrected chi connectivity index (χ4v) is 2.66. The van der Waals surface area contributed by atoms with Crippen LogP contribution in [-0.4, -0.2) is 22.6 Å². The molecule has 1 heterocycles. The first-order valence-corrected chi connectivity index (χ1v) is 5.69. The predicted molar refractivity (Wildman–Crippen MR) is 51.5 cm³/mol. The Kier molecular flexibility index (Phi) is 3.92. The number of rotatable bonds is 5. The number of thioether (sulfide) groups is 1. The highest BCUT2D eigenvalue weighted by atomic mass is 32.2. The molecule has 0 aromatic heterocycles. The van der Waals surface area contributed by atoms with Gasteiger partial charge in [0.05, 0.1) is 0 Å². The fourth-order valence-electron chi connectivity index (χ4n) is 1.61. The van der Waals surface area contributed by atoms with Crippen molar-refractivity contribution in [2.24, 2.45) is 11.8 Å². The van der Waals surface area contributed by atoms with Crippen LogP contribution in [0.25, 0.3) is 0 Å². The van der Waals surface area contributed by atoms with Crippen molar-refractivity contribution in [3.63, 3.8) is 0 Å². The van der Waals surface area contributed by atoms with Crippen LogP contribution in [0.15, 0.2) is 0 Å². The molecule has 70 valence electrons. The van der Waals surface area contributed by atoms with Gasteiger partial charge in [0.1, 0.15) is 0 Å². The van der Waals surface area contributed by atoms with Gasteiger partial charge < -0.3 is 5.11 Å². The van der Waals surface area contributed by atoms with Gasteiger partial charge >= 0.3 is 5.97 Å². The number of hydrogen-bond acceptors (Lipinski definition) is 2. The zero-order valence-electron chi connectivity index (χ0n) is 7.45. The van der Waals surface area contributed by atoms with Crippen LogP contribution < -0.4 is 0 Å². The molecule has 1 atom stereocenters. The monoisotopic (exact) mass is 188 g/mol. The summed E-state index contributed by atoms with van der Waals surface area (Å²) in [5.74, 6) is 3.30. The molecule has 0 spiro atoms. The van der Waals surface area contributed by atoms with Gasteiger partial charge in [0.2, 0.25) is 0 Å². The number of aliphatic carboxylic acids is 1. The van der Waals surface area contributed by atoms with Crippen molar-refractivity contribution in [1.29, 1.82) is 0 Å². The lowest BCUT2D eigenvalue weighted by Gasteiger charge is -2.32. The summed E-state index contributed by atoms with van der Waals surface area (Å²) in [6.45, 7) is 2.16. The molecule has 1 unspecified atom stereocenters. The number of carbonyl (C=O) groups is 1. The molecular formula is C9H16O2S. The molecule has 0 radical (unpaired) electrons. The third-order valence-electron chi connectivity index (χ3n) is 2.58. The van der Waals surface area contributed by atoms with Crippen molar-refractivity contribution in [2.45, 2.75) is 26.2 Å². The summed E-state index contributed by atoms with van der Waals surface area (Å²) < 4.78 is 0. The number of hydrogen-bond donors (Lipinski definition) is 1. The van der Waals surface area contributed by atoms with E-state index < -0.39 is 5.97 Å². The van der Waals surface area contributed by atoms with E-state index in [9.17, 15) is 4.79 Å². The Hall–Kier alpha value is -0.180. The van der Waals surface area contributed by atoms with E-state index in [1.807, 2.05) is 11.8 Å². The molecule has 3 heteroatoms. The summed E-state index contributed by atoms with van der Waals surface area (Å²) in [7, 11) is 0. The van der Waals surface area contributed by atoms with E-state index in [0.29, 0.717) is 12.3 Å². The molecule has 0 bridgehead atoms. The summed E-state index contributed by atoms with van der Waals surface area (Å²) in [5, 5.41) is 8.53. The van der Waals surface area contributed by atoms with Crippen LogP contribution in [0.5, 0.6) is 0 Å². The van der Waals surface area contributed by atoms with E-state index in [4.69, 9.17) is 5.11 Å². The second-order valence-electron chi connectivity index (χ2n) is 3.40. The van der Waals surface area contributed by atoms with Gasteiger partial charge in [0.25, 0.3) is 0 Å². The van der Waals surface area contributed by atoms with E-state index in [-0.39, 0.29) is 0 Å². The molecule has 1 rings (SSSR count). The second kappa shape index (κ2) is 4.75. The van der Waals surface area contributed by atoms with Crippen LogP contribution in [-0.2, 0) is 4.79 Å². The predicted octanol–water partition coefficient (Wildman–Crippen LogP) is 2.24. The van der Waals surface area contributed by atoms with Crippen LogP contribution in [0.3, 0.4) is 0 Å². The SMILES string of the molecule is CCC(CCC(=O)O)C1CSC1. The van der Waals surface area contributed by atoms with E-state index >= 15 is 0 Å². The second-order valence-corrected chi connectivity index (χ2v) is 4.47. The average Bonchev–Trinajstić information content (AvgIpc) is 1.93. The molecule has 1 fully saturated rings. The molecule has 1 aliphatic rings. The first kappa shape index (κ1) is 9.90. The third-order valence-corrected chi connectivity index (χ3v) is 3.91. The van der Waals surface area contributed by atoms with Gasteiger partial charge in [0, 0.05) is 6.42 Å². The van der Waals surface area contributed by atoms with Crippen LogP contribution in [0, 0.1) is 11.8 Å². The van der Waals surface area contributed by atoms with Gasteiger partial charge in [0.15, 0.2) is 0 Å². The van der Waals surface area contributed by atoms with Crippen molar-refractivity contribution >= 4 is 17.7 Å². The van der Waals surface area contributed by atoms with Crippen LogP contribution in [0.2, 0.25) is 0 Å². The van der Waals surface area contributed by atoms with Gasteiger partial charge in [-0.25, -0.2) is 0 Å². The normalized spacial score (nSPS) is 20.1. The largest absolute Gasteiger partial charge is 0.481 e. The number of carboxylic acids is 1. The van der Waals surface area contributed by atoms with E-state index in [1.54, 1.807) is 0 Å². The molecule has 1 N–H and O–H groups in total. The molecular weight excluding hydrogens is 172 g/mol. The topological polar surface area (TPSA) is 37.3 Å². The highest BCUT2D eigenvalue weighted by Crippen LogP contribution is 2.35. The highest BCUT2D eigenvalue weighted by molar-refractivity contribution is 8.00. The summed E-state index contributed by atoms with van der Waals surface area (Å²) in [6.07, 6.45) is 2.36. The van der Waals surface area contributed by atoms with Gasteiger partial charge in [-0.15, -0.1) is 0 Å². The molecule has 12 heavy (non-hydrogen) atoms. The number of carboxylic acid groups (broad SMARTS) is 1. The molecule has 0 aliphatic carbocycles. The summed E-state index contributed by atoms with van der Waals surface area (Å²) in [6, 6.07) is 0. The Morgan fingerprint density at radius 1 is 1.67 bits per heavy atom. The lowest BCUT2D eigenvalue weighted by Crippen LogP contribution is -2.27. The van der Waals surface area contributed by atoms with Gasteiger partial charge in [-0.05, 0) is 29.8 Å². The Bertz CT molecular complexity index is 155. The Balaban J connectivity index is 2.20. The maximum atomic E-state index is 10.3. The minimum Gasteiger partial charge on any atom is -0.481 e. The lowest BCUT2D eigenvalue weighted by molar-refractivity contribution is -0.137. The van der Waals surface area contributed by atoms with Crippen LogP contribution >= 0.6 is 11.8 Å². The first-order valence-electron chi connectivity index (χ1n) is 4.53. The molecule has 0 aromatic carbocycles. The minimum atomic E-state index is -0.652. The van der Waals surface area contributed by atoms with Crippen molar-refractivity contribution in [3.8, 4) is 0 Å². The maximum Gasteiger partial charge on any atom is 0.303 e. The van der Waals surface area contributed by atoms with Crippen molar-refractivity contribution < 1.29 is 9.90 Å². The zero-order chi connectivity index (χ0) is 8.97. The molecule has 2 nitrogen and oxygen atoms in total. The minimum absolute atomic E-state index is 0.347. The Labute approximate surface area is 77.7 Å². The molecule has 0 saturated carbocycles. The van der Waals surface area contributed by atoms with E-state index in [1.165, 1.54) is 11.5 Å². The molecule has 1 aliphatic heterocycles. The van der Waals surface area contributed by atoms with Crippen LogP contribution in [0.4, 0.5) is 0 Å².